The minimum absolute atomic E-state index is 0.391. The Kier molecular flexibility index (Phi) is 2.51. The van der Waals surface area contributed by atoms with E-state index in [9.17, 15) is 4.79 Å². The van der Waals surface area contributed by atoms with Crippen LogP contribution in [-0.2, 0) is 4.79 Å². The van der Waals surface area contributed by atoms with E-state index < -0.39 is 5.76 Å². The fourth-order valence-electron chi connectivity index (χ4n) is 0.808. The Balaban J connectivity index is 3.00. The van der Waals surface area contributed by atoms with E-state index in [4.69, 9.17) is 9.84 Å². The van der Waals surface area contributed by atoms with Gasteiger partial charge in [0.15, 0.2) is 5.94 Å². The average molecular weight is 164 g/mol. The van der Waals surface area contributed by atoms with Crippen LogP contribution in [0.4, 0.5) is 0 Å². The molecule has 62 valence electrons. The molecule has 12 heavy (non-hydrogen) atoms. The number of hydrogen-bond acceptors (Lipinski definition) is 3. The van der Waals surface area contributed by atoms with Crippen LogP contribution in [0.1, 0.15) is 5.56 Å². The van der Waals surface area contributed by atoms with Crippen molar-refractivity contribution in [2.45, 2.75) is 0 Å². The number of benzene rings is 1. The number of carbonyl (C=O) groups excluding carboxylic acids is 1. The molecule has 0 spiro atoms. The first-order chi connectivity index (χ1) is 5.77. The summed E-state index contributed by atoms with van der Waals surface area (Å²) in [6, 6.07) is 6.48. The third kappa shape index (κ3) is 1.65. The van der Waals surface area contributed by atoms with Gasteiger partial charge in [0.2, 0.25) is 5.76 Å². The molecule has 3 heteroatoms. The first-order valence-corrected chi connectivity index (χ1v) is 3.36. The van der Waals surface area contributed by atoms with Crippen LogP contribution in [0.3, 0.4) is 0 Å². The molecular weight excluding hydrogens is 156 g/mol. The topological polar surface area (TPSA) is 46.5 Å². The van der Waals surface area contributed by atoms with E-state index in [1.807, 2.05) is 0 Å². The number of methoxy groups -OCH3 is 1. The Morgan fingerprint density at radius 1 is 1.42 bits per heavy atom. The Hall–Kier alpha value is -1.73. The molecule has 3 nitrogen and oxygen atoms in total. The number of ether oxygens (including phenoxy) is 1. The molecule has 0 bridgehead atoms. The van der Waals surface area contributed by atoms with Gasteiger partial charge in [0, 0.05) is 5.56 Å². The maximum atomic E-state index is 10.0. The zero-order chi connectivity index (χ0) is 8.97. The molecule has 0 unspecified atom stereocenters. The van der Waals surface area contributed by atoms with Gasteiger partial charge >= 0.3 is 0 Å². The van der Waals surface area contributed by atoms with E-state index in [1.165, 1.54) is 5.94 Å². The fraction of sp³-hybridized carbons (Fsp3) is 0.111. The van der Waals surface area contributed by atoms with E-state index in [1.54, 1.807) is 31.4 Å². The van der Waals surface area contributed by atoms with Gasteiger partial charge in [-0.25, -0.2) is 4.79 Å². The van der Waals surface area contributed by atoms with Crippen LogP contribution >= 0.6 is 0 Å². The maximum absolute atomic E-state index is 10.0. The first-order valence-electron chi connectivity index (χ1n) is 3.36. The van der Waals surface area contributed by atoms with Crippen molar-refractivity contribution < 1.29 is 14.6 Å². The molecule has 0 aromatic heterocycles. The quantitative estimate of drug-likeness (QED) is 0.531. The van der Waals surface area contributed by atoms with Gasteiger partial charge in [-0.15, -0.1) is 0 Å². The zero-order valence-electron chi connectivity index (χ0n) is 6.57. The molecule has 0 radical (unpaired) electrons. The first kappa shape index (κ1) is 8.37. The second kappa shape index (κ2) is 3.60. The van der Waals surface area contributed by atoms with Crippen LogP contribution in [0.5, 0.6) is 5.75 Å². The normalized spacial score (nSPS) is 8.75. The molecule has 0 atom stereocenters. The summed E-state index contributed by atoms with van der Waals surface area (Å²) in [4.78, 5) is 10.0. The lowest BCUT2D eigenvalue weighted by molar-refractivity contribution is 0.414. The van der Waals surface area contributed by atoms with E-state index in [2.05, 4.69) is 0 Å². The summed E-state index contributed by atoms with van der Waals surface area (Å²) in [6.45, 7) is 0. The maximum Gasteiger partial charge on any atom is 0.208 e. The van der Waals surface area contributed by atoms with Gasteiger partial charge in [-0.2, -0.15) is 0 Å². The monoisotopic (exact) mass is 164 g/mol. The third-order valence-electron chi connectivity index (χ3n) is 1.46. The molecular formula is C9H8O3. The zero-order valence-corrected chi connectivity index (χ0v) is 6.57. The van der Waals surface area contributed by atoms with Crippen molar-refractivity contribution in [1.82, 2.24) is 0 Å². The molecule has 0 aliphatic heterocycles. The van der Waals surface area contributed by atoms with Crippen molar-refractivity contribution >= 4 is 11.7 Å². The minimum Gasteiger partial charge on any atom is -0.499 e. The Morgan fingerprint density at radius 3 is 2.42 bits per heavy atom. The highest BCUT2D eigenvalue weighted by molar-refractivity contribution is 5.82. The van der Waals surface area contributed by atoms with Gasteiger partial charge < -0.3 is 9.84 Å². The van der Waals surface area contributed by atoms with E-state index in [-0.39, 0.29) is 0 Å². The lowest BCUT2D eigenvalue weighted by Gasteiger charge is -1.99. The van der Waals surface area contributed by atoms with Crippen LogP contribution in [0.2, 0.25) is 0 Å². The van der Waals surface area contributed by atoms with Gasteiger partial charge in [0.05, 0.1) is 7.11 Å². The number of rotatable bonds is 2. The van der Waals surface area contributed by atoms with Gasteiger partial charge in [0.1, 0.15) is 5.75 Å². The van der Waals surface area contributed by atoms with Crippen LogP contribution in [0, 0.1) is 0 Å². The summed E-state index contributed by atoms with van der Waals surface area (Å²) in [5, 5.41) is 8.95. The largest absolute Gasteiger partial charge is 0.499 e. The van der Waals surface area contributed by atoms with Crippen molar-refractivity contribution in [3.05, 3.63) is 29.8 Å². The molecule has 0 saturated heterocycles. The summed E-state index contributed by atoms with van der Waals surface area (Å²) in [5.74, 6) is 1.69. The summed E-state index contributed by atoms with van der Waals surface area (Å²) in [5.41, 5.74) is 0.436. The highest BCUT2D eigenvalue weighted by Crippen LogP contribution is 2.14. The van der Waals surface area contributed by atoms with E-state index >= 15 is 0 Å². The number of aliphatic hydroxyl groups excluding tert-OH is 1. The molecule has 1 N–H and O–H groups in total. The summed E-state index contributed by atoms with van der Waals surface area (Å²) in [6.07, 6.45) is 0. The molecule has 0 heterocycles. The van der Waals surface area contributed by atoms with Crippen LogP contribution in [0.25, 0.3) is 5.76 Å². The van der Waals surface area contributed by atoms with E-state index in [0.717, 1.165) is 0 Å². The van der Waals surface area contributed by atoms with Gasteiger partial charge in [-0.05, 0) is 24.3 Å². The SMILES string of the molecule is COc1ccc(C(O)=C=O)cc1. The van der Waals surface area contributed by atoms with Crippen LogP contribution in [-0.4, -0.2) is 18.2 Å². The summed E-state index contributed by atoms with van der Waals surface area (Å²) < 4.78 is 4.89. The predicted molar refractivity (Wildman–Crippen MR) is 44.7 cm³/mol. The summed E-state index contributed by atoms with van der Waals surface area (Å²) >= 11 is 0. The molecule has 0 aliphatic carbocycles. The standard InChI is InChI=1S/C9H8O3/c1-12-8-4-2-7(3-5-8)9(11)6-10/h2-5,11H,1H3. The molecule has 0 aliphatic rings. The molecule has 0 saturated carbocycles. The average Bonchev–Trinajstić information content (AvgIpc) is 2.17. The second-order valence-electron chi connectivity index (χ2n) is 2.18. The Bertz CT molecular complexity index is 307. The summed E-state index contributed by atoms with van der Waals surface area (Å²) in [7, 11) is 1.55. The third-order valence-corrected chi connectivity index (χ3v) is 1.46. The molecule has 1 aromatic rings. The fourth-order valence-corrected chi connectivity index (χ4v) is 0.808. The van der Waals surface area contributed by atoms with E-state index in [0.29, 0.717) is 11.3 Å². The Labute approximate surface area is 69.9 Å². The molecule has 0 amide bonds. The van der Waals surface area contributed by atoms with Crippen LogP contribution < -0.4 is 4.74 Å². The highest BCUT2D eigenvalue weighted by Gasteiger charge is 1.98. The molecule has 1 aromatic carbocycles. The minimum atomic E-state index is -0.391. The van der Waals surface area contributed by atoms with Crippen molar-refractivity contribution in [3.8, 4) is 5.75 Å². The highest BCUT2D eigenvalue weighted by atomic mass is 16.5. The molecule has 1 rings (SSSR count). The lowest BCUT2D eigenvalue weighted by Crippen LogP contribution is -1.85. The Morgan fingerprint density at radius 2 is 2.00 bits per heavy atom. The van der Waals surface area contributed by atoms with Gasteiger partial charge in [0.25, 0.3) is 0 Å². The molecule has 0 fully saturated rings. The van der Waals surface area contributed by atoms with Crippen molar-refractivity contribution in [3.63, 3.8) is 0 Å². The second-order valence-corrected chi connectivity index (χ2v) is 2.18. The lowest BCUT2D eigenvalue weighted by atomic mass is 10.2. The van der Waals surface area contributed by atoms with Crippen molar-refractivity contribution in [2.75, 3.05) is 7.11 Å². The number of hydrogen-bond donors (Lipinski definition) is 1. The smallest absolute Gasteiger partial charge is 0.208 e. The van der Waals surface area contributed by atoms with Gasteiger partial charge in [-0.3, -0.25) is 0 Å². The van der Waals surface area contributed by atoms with Crippen molar-refractivity contribution in [1.29, 1.82) is 0 Å². The van der Waals surface area contributed by atoms with Crippen LogP contribution in [0.15, 0.2) is 24.3 Å². The van der Waals surface area contributed by atoms with Crippen molar-refractivity contribution in [2.24, 2.45) is 0 Å². The predicted octanol–water partition coefficient (Wildman–Crippen LogP) is 1.43. The number of aliphatic hydroxyl groups is 1. The van der Waals surface area contributed by atoms with Gasteiger partial charge in [-0.1, -0.05) is 0 Å².